The first-order valence-electron chi connectivity index (χ1n) is 10.1. The Morgan fingerprint density at radius 2 is 2.00 bits per heavy atom. The highest BCUT2D eigenvalue weighted by Gasteiger charge is 2.06. The standard InChI is InChI=1S/C22H22N6O2S/c29-20(25-16-9-10-19(24-14-16)27-13-11-23-15-27)8-2-1-5-12-28-21(30)17-6-3-4-7-18(17)26-22(28)31/h3-4,6-7,9-11,13-15H,1-2,5,8,12H2,(H,25,29)(H,26,31). The van der Waals surface area contributed by atoms with Crippen LogP contribution in [0.4, 0.5) is 5.69 Å². The quantitative estimate of drug-likeness (QED) is 0.324. The summed E-state index contributed by atoms with van der Waals surface area (Å²) >= 11 is 5.33. The van der Waals surface area contributed by atoms with E-state index in [-0.39, 0.29) is 11.5 Å². The molecule has 0 bridgehead atoms. The van der Waals surface area contributed by atoms with E-state index in [2.05, 4.69) is 20.3 Å². The van der Waals surface area contributed by atoms with Crippen LogP contribution in [0.1, 0.15) is 25.7 Å². The minimum absolute atomic E-state index is 0.0580. The lowest BCUT2D eigenvalue weighted by atomic mass is 10.2. The number of nitrogens with one attached hydrogen (secondary N) is 2. The topological polar surface area (TPSA) is 97.6 Å². The van der Waals surface area contributed by atoms with Crippen molar-refractivity contribution in [2.75, 3.05) is 5.32 Å². The second-order valence-electron chi connectivity index (χ2n) is 7.17. The number of rotatable bonds is 8. The zero-order valence-electron chi connectivity index (χ0n) is 16.8. The molecule has 1 amide bonds. The fraction of sp³-hybridized carbons (Fsp3) is 0.227. The van der Waals surface area contributed by atoms with E-state index in [9.17, 15) is 9.59 Å². The number of unbranched alkanes of at least 4 members (excludes halogenated alkanes) is 2. The first kappa shape index (κ1) is 20.7. The van der Waals surface area contributed by atoms with Crippen molar-refractivity contribution in [1.29, 1.82) is 0 Å². The summed E-state index contributed by atoms with van der Waals surface area (Å²) in [7, 11) is 0. The van der Waals surface area contributed by atoms with Crippen molar-refractivity contribution in [3.05, 3.63) is 76.4 Å². The van der Waals surface area contributed by atoms with Gasteiger partial charge in [0, 0.05) is 25.4 Å². The lowest BCUT2D eigenvalue weighted by molar-refractivity contribution is -0.116. The van der Waals surface area contributed by atoms with Gasteiger partial charge in [0.1, 0.15) is 12.1 Å². The number of para-hydroxylation sites is 1. The van der Waals surface area contributed by atoms with Gasteiger partial charge in [-0.2, -0.15) is 0 Å². The summed E-state index contributed by atoms with van der Waals surface area (Å²) in [5, 5.41) is 3.49. The first-order valence-corrected chi connectivity index (χ1v) is 10.5. The van der Waals surface area contributed by atoms with Crippen molar-refractivity contribution in [3.8, 4) is 5.82 Å². The number of amides is 1. The average molecular weight is 435 g/mol. The molecule has 0 saturated heterocycles. The van der Waals surface area contributed by atoms with Crippen molar-refractivity contribution < 1.29 is 4.79 Å². The molecule has 3 heterocycles. The second kappa shape index (κ2) is 9.48. The number of carbonyl (C=O) groups excluding carboxylic acids is 1. The molecular weight excluding hydrogens is 412 g/mol. The summed E-state index contributed by atoms with van der Waals surface area (Å²) in [4.78, 5) is 36.2. The van der Waals surface area contributed by atoms with Crippen molar-refractivity contribution in [1.82, 2.24) is 24.1 Å². The maximum Gasteiger partial charge on any atom is 0.262 e. The molecule has 8 nitrogen and oxygen atoms in total. The van der Waals surface area contributed by atoms with E-state index in [1.807, 2.05) is 30.3 Å². The van der Waals surface area contributed by atoms with Crippen LogP contribution in [0.25, 0.3) is 16.7 Å². The van der Waals surface area contributed by atoms with Crippen molar-refractivity contribution >= 4 is 34.7 Å². The van der Waals surface area contributed by atoms with E-state index in [1.54, 1.807) is 40.1 Å². The van der Waals surface area contributed by atoms with Gasteiger partial charge in [-0.25, -0.2) is 9.97 Å². The van der Waals surface area contributed by atoms with E-state index < -0.39 is 0 Å². The molecule has 9 heteroatoms. The third-order valence-corrected chi connectivity index (χ3v) is 5.30. The van der Waals surface area contributed by atoms with E-state index in [0.717, 1.165) is 30.6 Å². The number of hydrogen-bond donors (Lipinski definition) is 2. The highest BCUT2D eigenvalue weighted by Crippen LogP contribution is 2.11. The number of aromatic amines is 1. The summed E-state index contributed by atoms with van der Waals surface area (Å²) in [5.74, 6) is 0.676. The number of hydrogen-bond acceptors (Lipinski definition) is 5. The van der Waals surface area contributed by atoms with Gasteiger partial charge in [-0.15, -0.1) is 0 Å². The minimum Gasteiger partial charge on any atom is -0.332 e. The minimum atomic E-state index is -0.0799. The van der Waals surface area contributed by atoms with Crippen LogP contribution in [0.3, 0.4) is 0 Å². The van der Waals surface area contributed by atoms with Crippen LogP contribution in [0, 0.1) is 4.77 Å². The Morgan fingerprint density at radius 1 is 1.13 bits per heavy atom. The van der Waals surface area contributed by atoms with Crippen LogP contribution in [-0.4, -0.2) is 30.0 Å². The Bertz CT molecular complexity index is 1290. The number of carbonyl (C=O) groups is 1. The van der Waals surface area contributed by atoms with Gasteiger partial charge < -0.3 is 10.3 Å². The zero-order valence-corrected chi connectivity index (χ0v) is 17.6. The third kappa shape index (κ3) is 4.95. The first-order chi connectivity index (χ1) is 15.1. The molecule has 4 rings (SSSR count). The third-order valence-electron chi connectivity index (χ3n) is 4.98. The Kier molecular flexibility index (Phi) is 6.32. The summed E-state index contributed by atoms with van der Waals surface area (Å²) in [6, 6.07) is 11.0. The van der Waals surface area contributed by atoms with Gasteiger partial charge in [0.15, 0.2) is 4.77 Å². The molecule has 2 N–H and O–H groups in total. The maximum absolute atomic E-state index is 12.6. The van der Waals surface area contributed by atoms with Gasteiger partial charge in [0.2, 0.25) is 5.91 Å². The number of imidazole rings is 1. The number of aromatic nitrogens is 5. The zero-order chi connectivity index (χ0) is 21.6. The molecule has 158 valence electrons. The van der Waals surface area contributed by atoms with Crippen molar-refractivity contribution in [3.63, 3.8) is 0 Å². The number of H-pyrrole nitrogens is 1. The molecule has 0 saturated carbocycles. The molecule has 0 aliphatic heterocycles. The number of pyridine rings is 1. The second-order valence-corrected chi connectivity index (χ2v) is 7.55. The predicted molar refractivity (Wildman–Crippen MR) is 122 cm³/mol. The summed E-state index contributed by atoms with van der Waals surface area (Å²) in [6.07, 6.45) is 9.50. The smallest absolute Gasteiger partial charge is 0.262 e. The van der Waals surface area contributed by atoms with E-state index in [1.165, 1.54) is 0 Å². The summed E-state index contributed by atoms with van der Waals surface area (Å²) in [6.45, 7) is 0.528. The van der Waals surface area contributed by atoms with Crippen LogP contribution in [0.15, 0.2) is 66.1 Å². The Morgan fingerprint density at radius 3 is 2.77 bits per heavy atom. The van der Waals surface area contributed by atoms with E-state index in [4.69, 9.17) is 12.2 Å². The van der Waals surface area contributed by atoms with Crippen LogP contribution in [0.2, 0.25) is 0 Å². The summed E-state index contributed by atoms with van der Waals surface area (Å²) < 4.78 is 3.80. The monoisotopic (exact) mass is 434 g/mol. The van der Waals surface area contributed by atoms with Gasteiger partial charge in [0.25, 0.3) is 5.56 Å². The number of nitrogens with zero attached hydrogens (tertiary/aromatic N) is 4. The molecule has 31 heavy (non-hydrogen) atoms. The lowest BCUT2D eigenvalue weighted by Gasteiger charge is -2.08. The van der Waals surface area contributed by atoms with Crippen LogP contribution in [-0.2, 0) is 11.3 Å². The predicted octanol–water partition coefficient (Wildman–Crippen LogP) is 3.84. The average Bonchev–Trinajstić information content (AvgIpc) is 3.31. The van der Waals surface area contributed by atoms with Gasteiger partial charge >= 0.3 is 0 Å². The number of fused-ring (bicyclic) bond motifs is 1. The van der Waals surface area contributed by atoms with Crippen LogP contribution < -0.4 is 10.9 Å². The molecule has 0 spiro atoms. The largest absolute Gasteiger partial charge is 0.332 e. The molecule has 0 radical (unpaired) electrons. The fourth-order valence-corrected chi connectivity index (χ4v) is 3.65. The molecule has 0 fully saturated rings. The van der Waals surface area contributed by atoms with Gasteiger partial charge in [-0.3, -0.25) is 18.7 Å². The molecule has 0 aliphatic carbocycles. The van der Waals surface area contributed by atoms with Crippen molar-refractivity contribution in [2.24, 2.45) is 0 Å². The molecule has 0 atom stereocenters. The van der Waals surface area contributed by atoms with Crippen LogP contribution in [0.5, 0.6) is 0 Å². The van der Waals surface area contributed by atoms with Gasteiger partial charge in [0.05, 0.1) is 22.8 Å². The molecular formula is C22H22N6O2S. The molecule has 3 aromatic heterocycles. The van der Waals surface area contributed by atoms with Gasteiger partial charge in [-0.05, 0) is 49.3 Å². The van der Waals surface area contributed by atoms with Crippen LogP contribution >= 0.6 is 12.2 Å². The highest BCUT2D eigenvalue weighted by atomic mass is 32.1. The fourth-order valence-electron chi connectivity index (χ4n) is 3.37. The summed E-state index contributed by atoms with van der Waals surface area (Å²) in [5.41, 5.74) is 1.32. The maximum atomic E-state index is 12.6. The number of anilines is 1. The number of benzene rings is 1. The van der Waals surface area contributed by atoms with E-state index >= 15 is 0 Å². The molecule has 1 aromatic carbocycles. The SMILES string of the molecule is O=C(CCCCCn1c(=S)[nH]c2ccccc2c1=O)Nc1ccc(-n2ccnc2)nc1. The normalized spacial score (nSPS) is 11.0. The highest BCUT2D eigenvalue weighted by molar-refractivity contribution is 7.71. The Labute approximate surface area is 183 Å². The van der Waals surface area contributed by atoms with Gasteiger partial charge in [-0.1, -0.05) is 18.6 Å². The molecule has 4 aromatic rings. The lowest BCUT2D eigenvalue weighted by Crippen LogP contribution is -2.22. The Balaban J connectivity index is 1.24. The molecule has 0 aliphatic rings. The van der Waals surface area contributed by atoms with Crippen molar-refractivity contribution in [2.45, 2.75) is 32.2 Å². The van der Waals surface area contributed by atoms with E-state index in [0.29, 0.717) is 28.8 Å². The Hall–Kier alpha value is -3.59. The molecule has 0 unspecified atom stereocenters.